The van der Waals surface area contributed by atoms with E-state index in [2.05, 4.69) is 10.4 Å². The molecule has 0 fully saturated rings. The number of aromatic nitrogens is 2. The summed E-state index contributed by atoms with van der Waals surface area (Å²) in [5, 5.41) is 16.5. The molecule has 0 radical (unpaired) electrons. The van der Waals surface area contributed by atoms with Crippen LogP contribution in [0.3, 0.4) is 0 Å². The Balaban J connectivity index is 2.17. The van der Waals surface area contributed by atoms with Crippen LogP contribution in [0.15, 0.2) is 36.5 Å². The number of hydrogen-bond acceptors (Lipinski definition) is 4. The Morgan fingerprint density at radius 3 is 2.68 bits per heavy atom. The van der Waals surface area contributed by atoms with Crippen LogP contribution in [0.4, 0.5) is 0 Å². The molecule has 0 spiro atoms. The predicted molar refractivity (Wildman–Crippen MR) is 89.6 cm³/mol. The van der Waals surface area contributed by atoms with Crippen molar-refractivity contribution < 1.29 is 9.90 Å². The van der Waals surface area contributed by atoms with Gasteiger partial charge in [0.25, 0.3) is 5.91 Å². The summed E-state index contributed by atoms with van der Waals surface area (Å²) in [7, 11) is 0. The minimum absolute atomic E-state index is 0.0200. The van der Waals surface area contributed by atoms with Crippen molar-refractivity contribution in [2.24, 2.45) is 0 Å². The molecule has 5 nitrogen and oxygen atoms in total. The first kappa shape index (κ1) is 16.6. The number of rotatable bonds is 6. The molecular weight excluding hydrogens is 298 g/mol. The molecule has 1 aromatic heterocycles. The third-order valence-electron chi connectivity index (χ3n) is 3.65. The van der Waals surface area contributed by atoms with E-state index in [0.717, 1.165) is 11.4 Å². The molecule has 0 saturated carbocycles. The second kappa shape index (κ2) is 7.47. The largest absolute Gasteiger partial charge is 0.395 e. The normalized spacial score (nSPS) is 13.6. The third-order valence-corrected chi connectivity index (χ3v) is 4.82. The highest BCUT2D eigenvalue weighted by molar-refractivity contribution is 7.99. The Morgan fingerprint density at radius 2 is 2.09 bits per heavy atom. The molecule has 0 saturated heterocycles. The van der Waals surface area contributed by atoms with Gasteiger partial charge < -0.3 is 10.4 Å². The number of nitrogens with zero attached hydrogens (tertiary/aromatic N) is 2. The van der Waals surface area contributed by atoms with Crippen molar-refractivity contribution in [1.29, 1.82) is 0 Å². The van der Waals surface area contributed by atoms with Crippen LogP contribution in [0.2, 0.25) is 0 Å². The maximum absolute atomic E-state index is 12.4. The lowest BCUT2D eigenvalue weighted by Gasteiger charge is -2.21. The highest BCUT2D eigenvalue weighted by atomic mass is 32.2. The fraction of sp³-hybridized carbons (Fsp3) is 0.375. The molecule has 0 aliphatic carbocycles. The van der Waals surface area contributed by atoms with E-state index in [1.54, 1.807) is 10.9 Å². The van der Waals surface area contributed by atoms with Gasteiger partial charge in [-0.05, 0) is 32.2 Å². The number of aliphatic hydroxyl groups is 1. The van der Waals surface area contributed by atoms with Crippen molar-refractivity contribution in [3.05, 3.63) is 47.8 Å². The van der Waals surface area contributed by atoms with Crippen molar-refractivity contribution >= 4 is 17.7 Å². The molecule has 1 aromatic carbocycles. The summed E-state index contributed by atoms with van der Waals surface area (Å²) in [5.74, 6) is -0.167. The molecule has 1 amide bonds. The van der Waals surface area contributed by atoms with E-state index in [1.807, 2.05) is 50.4 Å². The third kappa shape index (κ3) is 3.51. The number of benzene rings is 1. The number of carbonyl (C=O) groups excluding carboxylic acids is 1. The Hall–Kier alpha value is -1.79. The van der Waals surface area contributed by atoms with Crippen LogP contribution in [0.25, 0.3) is 5.69 Å². The molecule has 2 unspecified atom stereocenters. The summed E-state index contributed by atoms with van der Waals surface area (Å²) in [6.07, 6.45) is 3.50. The van der Waals surface area contributed by atoms with Crippen molar-refractivity contribution in [1.82, 2.24) is 15.1 Å². The van der Waals surface area contributed by atoms with E-state index in [4.69, 9.17) is 0 Å². The van der Waals surface area contributed by atoms with Crippen molar-refractivity contribution in [3.8, 4) is 5.69 Å². The molecule has 1 heterocycles. The highest BCUT2D eigenvalue weighted by Gasteiger charge is 2.21. The molecule has 0 aliphatic heterocycles. The number of hydrogen-bond donors (Lipinski definition) is 2. The maximum Gasteiger partial charge on any atom is 0.255 e. The molecule has 2 N–H and O–H groups in total. The van der Waals surface area contributed by atoms with Crippen LogP contribution in [-0.2, 0) is 0 Å². The number of aliphatic hydroxyl groups excluding tert-OH is 1. The molecule has 22 heavy (non-hydrogen) atoms. The number of thioether (sulfide) groups is 1. The molecule has 118 valence electrons. The molecule has 0 bridgehead atoms. The van der Waals surface area contributed by atoms with E-state index >= 15 is 0 Å². The fourth-order valence-electron chi connectivity index (χ4n) is 2.28. The average Bonchev–Trinajstić information content (AvgIpc) is 2.91. The SMILES string of the molecule is CSC(CO)C(C)NC(=O)c1cnn(-c2ccccc2)c1C. The molecule has 2 rings (SSSR count). The Morgan fingerprint density at radius 1 is 1.41 bits per heavy atom. The van der Waals surface area contributed by atoms with Gasteiger partial charge in [-0.3, -0.25) is 4.79 Å². The summed E-state index contributed by atoms with van der Waals surface area (Å²) >= 11 is 1.54. The quantitative estimate of drug-likeness (QED) is 0.855. The van der Waals surface area contributed by atoms with Crippen molar-refractivity contribution in [2.45, 2.75) is 25.1 Å². The van der Waals surface area contributed by atoms with Crippen LogP contribution in [-0.4, -0.2) is 44.9 Å². The summed E-state index contributed by atoms with van der Waals surface area (Å²) in [6, 6.07) is 9.58. The van der Waals surface area contributed by atoms with Gasteiger partial charge in [0.15, 0.2) is 0 Å². The lowest BCUT2D eigenvalue weighted by Crippen LogP contribution is -2.41. The average molecular weight is 319 g/mol. The van der Waals surface area contributed by atoms with Gasteiger partial charge >= 0.3 is 0 Å². The highest BCUT2D eigenvalue weighted by Crippen LogP contribution is 2.15. The Labute approximate surface area is 134 Å². The van der Waals surface area contributed by atoms with Crippen LogP contribution in [0.1, 0.15) is 23.0 Å². The smallest absolute Gasteiger partial charge is 0.255 e. The summed E-state index contributed by atoms with van der Waals surface area (Å²) in [6.45, 7) is 3.80. The summed E-state index contributed by atoms with van der Waals surface area (Å²) in [5.41, 5.74) is 2.26. The van der Waals surface area contributed by atoms with E-state index in [1.165, 1.54) is 11.8 Å². The van der Waals surface area contributed by atoms with Gasteiger partial charge in [-0.2, -0.15) is 16.9 Å². The lowest BCUT2D eigenvalue weighted by molar-refractivity contribution is 0.0935. The fourth-order valence-corrected chi connectivity index (χ4v) is 2.90. The minimum atomic E-state index is -0.167. The zero-order valence-corrected chi connectivity index (χ0v) is 13.8. The van der Waals surface area contributed by atoms with Gasteiger partial charge in [0.1, 0.15) is 0 Å². The van der Waals surface area contributed by atoms with Gasteiger partial charge in [0, 0.05) is 11.3 Å². The summed E-state index contributed by atoms with van der Waals surface area (Å²) in [4.78, 5) is 12.4. The van der Waals surface area contributed by atoms with Gasteiger partial charge in [-0.1, -0.05) is 18.2 Å². The number of nitrogens with one attached hydrogen (secondary N) is 1. The first-order valence-corrected chi connectivity index (χ1v) is 8.41. The monoisotopic (exact) mass is 319 g/mol. The second-order valence-electron chi connectivity index (χ2n) is 5.11. The zero-order chi connectivity index (χ0) is 16.1. The molecular formula is C16H21N3O2S. The number of carbonyl (C=O) groups is 1. The van der Waals surface area contributed by atoms with Gasteiger partial charge in [-0.15, -0.1) is 0 Å². The lowest BCUT2D eigenvalue weighted by atomic mass is 10.2. The van der Waals surface area contributed by atoms with Gasteiger partial charge in [-0.25, -0.2) is 4.68 Å². The number of amides is 1. The molecule has 0 aliphatic rings. The van der Waals surface area contributed by atoms with Crippen molar-refractivity contribution in [2.75, 3.05) is 12.9 Å². The zero-order valence-electron chi connectivity index (χ0n) is 13.0. The van der Waals surface area contributed by atoms with Crippen LogP contribution in [0.5, 0.6) is 0 Å². The first-order valence-electron chi connectivity index (χ1n) is 7.13. The first-order chi connectivity index (χ1) is 10.6. The minimum Gasteiger partial charge on any atom is -0.395 e. The topological polar surface area (TPSA) is 67.2 Å². The number of para-hydroxylation sites is 1. The van der Waals surface area contributed by atoms with Gasteiger partial charge in [0.05, 0.1) is 29.7 Å². The van der Waals surface area contributed by atoms with Crippen molar-refractivity contribution in [3.63, 3.8) is 0 Å². The van der Waals surface area contributed by atoms with E-state index in [0.29, 0.717) is 5.56 Å². The Bertz CT molecular complexity index is 624. The Kier molecular flexibility index (Phi) is 5.63. The van der Waals surface area contributed by atoms with E-state index < -0.39 is 0 Å². The molecule has 2 aromatic rings. The predicted octanol–water partition coefficient (Wildman–Crippen LogP) is 2.02. The maximum atomic E-state index is 12.4. The second-order valence-corrected chi connectivity index (χ2v) is 6.19. The van der Waals surface area contributed by atoms with E-state index in [9.17, 15) is 9.90 Å². The van der Waals surface area contributed by atoms with E-state index in [-0.39, 0.29) is 23.8 Å². The van der Waals surface area contributed by atoms with Crippen LogP contribution in [0, 0.1) is 6.92 Å². The van der Waals surface area contributed by atoms with Crippen LogP contribution >= 0.6 is 11.8 Å². The standard InChI is InChI=1S/C16H21N3O2S/c1-11(15(10-20)22-3)18-16(21)14-9-17-19(12(14)2)13-7-5-4-6-8-13/h4-9,11,15,20H,10H2,1-3H3,(H,18,21). The van der Waals surface area contributed by atoms with Gasteiger partial charge in [0.2, 0.25) is 0 Å². The summed E-state index contributed by atoms with van der Waals surface area (Å²) < 4.78 is 1.75. The molecule has 6 heteroatoms. The van der Waals surface area contributed by atoms with Crippen LogP contribution < -0.4 is 5.32 Å². The molecule has 2 atom stereocenters.